The molecule has 3 rings (SSSR count). The molecule has 0 aliphatic rings. The summed E-state index contributed by atoms with van der Waals surface area (Å²) in [6, 6.07) is 21.5. The van der Waals surface area contributed by atoms with Gasteiger partial charge in [0.15, 0.2) is 11.5 Å². The van der Waals surface area contributed by atoms with Crippen molar-refractivity contribution in [3.63, 3.8) is 0 Å². The van der Waals surface area contributed by atoms with Crippen LogP contribution in [-0.2, 0) is 10.3 Å². The van der Waals surface area contributed by atoms with Crippen LogP contribution in [0.3, 0.4) is 0 Å². The van der Waals surface area contributed by atoms with Crippen LogP contribution in [0.5, 0.6) is 17.2 Å². The smallest absolute Gasteiger partial charge is 0.493 e. The third-order valence-corrected chi connectivity index (χ3v) is 4.72. The van der Waals surface area contributed by atoms with Gasteiger partial charge in [-0.3, -0.25) is 17.3 Å². The van der Waals surface area contributed by atoms with Crippen LogP contribution in [0, 0.1) is 0 Å². The average Bonchev–Trinajstić information content (AvgIpc) is 2.90. The summed E-state index contributed by atoms with van der Waals surface area (Å²) in [7, 11) is -6.07. The molecule has 0 saturated heterocycles. The first kappa shape index (κ1) is 37.7. The number of ether oxygens (including phenoxy) is 3. The van der Waals surface area contributed by atoms with Crippen molar-refractivity contribution in [2.24, 2.45) is 0 Å². The fourth-order valence-corrected chi connectivity index (χ4v) is 3.55. The van der Waals surface area contributed by atoms with Crippen molar-refractivity contribution >= 4 is 29.6 Å². The minimum absolute atomic E-state index is 0.306. The van der Waals surface area contributed by atoms with Crippen LogP contribution in [0.2, 0.25) is 0 Å². The van der Waals surface area contributed by atoms with Crippen LogP contribution in [0.1, 0.15) is 16.7 Å². The third kappa shape index (κ3) is 12.8. The van der Waals surface area contributed by atoms with Gasteiger partial charge in [0.05, 0.1) is 21.3 Å². The Balaban J connectivity index is 0.00000113. The Morgan fingerprint density at radius 2 is 0.902 bits per heavy atom. The van der Waals surface area contributed by atoms with E-state index in [0.29, 0.717) is 33.9 Å². The Hall–Kier alpha value is -3.28. The highest BCUT2D eigenvalue weighted by molar-refractivity contribution is 6.34. The maximum Gasteiger partial charge on any atom is 0.678 e. The van der Waals surface area contributed by atoms with E-state index >= 15 is 0 Å². The zero-order valence-electron chi connectivity index (χ0n) is 22.0. The summed E-state index contributed by atoms with van der Waals surface area (Å²) in [6.07, 6.45) is 0. The van der Waals surface area contributed by atoms with E-state index in [9.17, 15) is 22.3 Å². The highest BCUT2D eigenvalue weighted by Gasteiger charge is 2.44. The summed E-state index contributed by atoms with van der Waals surface area (Å²) in [5.41, 5.74) is 0.148. The SMILES string of the molecule is COc1ccc(C(OB(O)F)(c2ccccc2)c2ccccc2)c(OC)c1OC.OB(O)F.OB(O)F.OB(O)F. The van der Waals surface area contributed by atoms with Crippen LogP contribution in [0.15, 0.2) is 72.8 Å². The summed E-state index contributed by atoms with van der Waals surface area (Å²) in [5, 5.41) is 51.3. The third-order valence-electron chi connectivity index (χ3n) is 4.72. The van der Waals surface area contributed by atoms with Gasteiger partial charge >= 0.3 is 29.6 Å². The predicted molar refractivity (Wildman–Crippen MR) is 143 cm³/mol. The van der Waals surface area contributed by atoms with Crippen LogP contribution in [0.25, 0.3) is 0 Å². The van der Waals surface area contributed by atoms with Crippen molar-refractivity contribution in [2.45, 2.75) is 5.60 Å². The molecular weight excluding hydrogens is 559 g/mol. The Kier molecular flexibility index (Phi) is 18.2. The molecule has 3 aromatic rings. The molecule has 0 bridgehead atoms. The maximum atomic E-state index is 14.1. The molecule has 0 unspecified atom stereocenters. The van der Waals surface area contributed by atoms with Gasteiger partial charge in [-0.1, -0.05) is 60.7 Å². The summed E-state index contributed by atoms with van der Waals surface area (Å²) in [5.74, 6) is 1.09. The van der Waals surface area contributed by atoms with E-state index < -0.39 is 35.2 Å². The van der Waals surface area contributed by atoms with Crippen molar-refractivity contribution in [1.29, 1.82) is 0 Å². The fraction of sp³-hybridized carbons (Fsp3) is 0.182. The quantitative estimate of drug-likeness (QED) is 0.112. The number of methoxy groups -OCH3 is 3. The lowest BCUT2D eigenvalue weighted by Crippen LogP contribution is -2.38. The van der Waals surface area contributed by atoms with Crippen molar-refractivity contribution in [3.8, 4) is 17.2 Å². The van der Waals surface area contributed by atoms with E-state index in [1.807, 2.05) is 36.4 Å². The Morgan fingerprint density at radius 1 is 0.537 bits per heavy atom. The standard InChI is InChI=1S/C22H22BFO5.3BFH2O2/c1-26-19-15-14-18(20(27-2)21(19)28-3)22(29-23(24)25,16-10-6-4-7-11-16)17-12-8-5-9-13-17;3*2-1(3)4/h4-15,25H,1-3H3;3*3-4H. The Labute approximate surface area is 234 Å². The molecular formula is C22H28B4F4O11. The predicted octanol–water partition coefficient (Wildman–Crippen LogP) is 0.744. The van der Waals surface area contributed by atoms with Crippen molar-refractivity contribution in [3.05, 3.63) is 89.5 Å². The van der Waals surface area contributed by atoms with Crippen molar-refractivity contribution < 1.29 is 71.3 Å². The van der Waals surface area contributed by atoms with E-state index in [0.717, 1.165) is 0 Å². The second kappa shape index (κ2) is 19.7. The van der Waals surface area contributed by atoms with Gasteiger partial charge < -0.3 is 54.0 Å². The van der Waals surface area contributed by atoms with Gasteiger partial charge in [0.1, 0.15) is 5.60 Å². The molecule has 0 heterocycles. The second-order valence-electron chi connectivity index (χ2n) is 7.14. The van der Waals surface area contributed by atoms with Crippen LogP contribution >= 0.6 is 0 Å². The van der Waals surface area contributed by atoms with E-state index in [1.165, 1.54) is 21.3 Å². The van der Waals surface area contributed by atoms with Gasteiger partial charge in [0.25, 0.3) is 0 Å². The number of hydrogen-bond acceptors (Lipinski definition) is 11. The highest BCUT2D eigenvalue weighted by Crippen LogP contribution is 2.50. The first-order valence-electron chi connectivity index (χ1n) is 11.2. The molecule has 0 aromatic heterocycles. The van der Waals surface area contributed by atoms with Crippen molar-refractivity contribution in [2.75, 3.05) is 21.3 Å². The first-order chi connectivity index (χ1) is 19.3. The second-order valence-corrected chi connectivity index (χ2v) is 7.14. The molecule has 19 heteroatoms. The lowest BCUT2D eigenvalue weighted by atomic mass is 9.78. The molecule has 0 aliphatic heterocycles. The summed E-state index contributed by atoms with van der Waals surface area (Å²) in [4.78, 5) is 0. The molecule has 41 heavy (non-hydrogen) atoms. The summed E-state index contributed by atoms with van der Waals surface area (Å²) >= 11 is 0. The monoisotopic (exact) mass is 588 g/mol. The number of halogens is 4. The summed E-state index contributed by atoms with van der Waals surface area (Å²) in [6.45, 7) is 0. The lowest BCUT2D eigenvalue weighted by molar-refractivity contribution is 0.0970. The molecule has 0 amide bonds. The number of rotatable bonds is 8. The molecule has 0 saturated carbocycles. The topological polar surface area (TPSA) is 179 Å². The highest BCUT2D eigenvalue weighted by atomic mass is 19.1. The molecule has 3 aromatic carbocycles. The molecule has 222 valence electrons. The number of hydrogen-bond donors (Lipinski definition) is 7. The molecule has 0 aliphatic carbocycles. The molecule has 0 fully saturated rings. The average molecular weight is 588 g/mol. The molecule has 0 radical (unpaired) electrons. The Bertz CT molecular complexity index is 1040. The lowest BCUT2D eigenvalue weighted by Gasteiger charge is -2.37. The normalized spacial score (nSPS) is 9.80. The van der Waals surface area contributed by atoms with E-state index in [-0.39, 0.29) is 0 Å². The van der Waals surface area contributed by atoms with Gasteiger partial charge in [-0.05, 0) is 23.3 Å². The van der Waals surface area contributed by atoms with Gasteiger partial charge in [-0.15, -0.1) is 0 Å². The van der Waals surface area contributed by atoms with Crippen LogP contribution in [0.4, 0.5) is 17.3 Å². The first-order valence-corrected chi connectivity index (χ1v) is 11.2. The summed E-state index contributed by atoms with van der Waals surface area (Å²) < 4.78 is 66.5. The van der Waals surface area contributed by atoms with E-state index in [1.54, 1.807) is 36.4 Å². The van der Waals surface area contributed by atoms with Crippen LogP contribution in [-0.4, -0.2) is 86.1 Å². The molecule has 0 spiro atoms. The molecule has 11 nitrogen and oxygen atoms in total. The zero-order chi connectivity index (χ0) is 31.6. The van der Waals surface area contributed by atoms with Gasteiger partial charge in [0.2, 0.25) is 5.75 Å². The molecule has 7 N–H and O–H groups in total. The van der Waals surface area contributed by atoms with Crippen molar-refractivity contribution in [1.82, 2.24) is 0 Å². The minimum atomic E-state index is -2.67. The fourth-order valence-electron chi connectivity index (χ4n) is 3.55. The maximum absolute atomic E-state index is 14.1. The largest absolute Gasteiger partial charge is 0.678 e. The Morgan fingerprint density at radius 3 is 1.20 bits per heavy atom. The van der Waals surface area contributed by atoms with Crippen LogP contribution < -0.4 is 14.2 Å². The van der Waals surface area contributed by atoms with E-state index in [4.69, 9.17) is 49.0 Å². The van der Waals surface area contributed by atoms with Gasteiger partial charge in [-0.25, -0.2) is 0 Å². The van der Waals surface area contributed by atoms with Gasteiger partial charge in [0, 0.05) is 5.56 Å². The zero-order valence-corrected chi connectivity index (χ0v) is 22.0. The number of benzene rings is 3. The minimum Gasteiger partial charge on any atom is -0.493 e. The van der Waals surface area contributed by atoms with E-state index in [2.05, 4.69) is 0 Å². The van der Waals surface area contributed by atoms with Gasteiger partial charge in [-0.2, -0.15) is 0 Å². The molecule has 0 atom stereocenters.